The van der Waals surface area contributed by atoms with Crippen molar-refractivity contribution in [2.45, 2.75) is 26.7 Å². The third-order valence-corrected chi connectivity index (χ3v) is 4.04. The van der Waals surface area contributed by atoms with Gasteiger partial charge in [-0.3, -0.25) is 4.79 Å². The number of allylic oxidation sites excluding steroid dienone is 1. The van der Waals surface area contributed by atoms with E-state index in [4.69, 9.17) is 9.47 Å². The SMILES string of the molecule is C=C1NC(C)=C(C(=O)OCC)C(c2ccc(F)cc2)C1C(=O)OCC. The van der Waals surface area contributed by atoms with Crippen molar-refractivity contribution < 1.29 is 23.5 Å². The van der Waals surface area contributed by atoms with Crippen LogP contribution in [0.5, 0.6) is 0 Å². The molecule has 0 aliphatic carbocycles. The molecule has 0 saturated heterocycles. The summed E-state index contributed by atoms with van der Waals surface area (Å²) in [6.07, 6.45) is 0. The Morgan fingerprint density at radius 2 is 1.76 bits per heavy atom. The molecular formula is C19H22FNO4. The first-order valence-corrected chi connectivity index (χ1v) is 8.16. The van der Waals surface area contributed by atoms with Gasteiger partial charge < -0.3 is 14.8 Å². The van der Waals surface area contributed by atoms with E-state index in [1.807, 2.05) is 0 Å². The Labute approximate surface area is 146 Å². The van der Waals surface area contributed by atoms with Crippen LogP contribution in [0.25, 0.3) is 0 Å². The third kappa shape index (κ3) is 3.90. The van der Waals surface area contributed by atoms with Gasteiger partial charge in [0.25, 0.3) is 0 Å². The summed E-state index contributed by atoms with van der Waals surface area (Å²) in [6.45, 7) is 9.45. The van der Waals surface area contributed by atoms with Gasteiger partial charge in [-0.1, -0.05) is 18.7 Å². The van der Waals surface area contributed by atoms with Crippen molar-refractivity contribution in [3.05, 3.63) is 59.2 Å². The van der Waals surface area contributed by atoms with E-state index in [2.05, 4.69) is 11.9 Å². The Balaban J connectivity index is 2.59. The Bertz CT molecular complexity index is 709. The second kappa shape index (κ2) is 7.96. The van der Waals surface area contributed by atoms with Crippen molar-refractivity contribution in [1.82, 2.24) is 5.32 Å². The number of hydrogen-bond donors (Lipinski definition) is 1. The fourth-order valence-corrected chi connectivity index (χ4v) is 3.02. The maximum Gasteiger partial charge on any atom is 0.336 e. The van der Waals surface area contributed by atoms with Gasteiger partial charge in [-0.25, -0.2) is 9.18 Å². The van der Waals surface area contributed by atoms with Crippen molar-refractivity contribution in [3.63, 3.8) is 0 Å². The van der Waals surface area contributed by atoms with Crippen LogP contribution in [0.2, 0.25) is 0 Å². The smallest absolute Gasteiger partial charge is 0.336 e. The second-order valence-electron chi connectivity index (χ2n) is 5.67. The zero-order valence-corrected chi connectivity index (χ0v) is 14.6. The molecule has 2 atom stereocenters. The summed E-state index contributed by atoms with van der Waals surface area (Å²) < 4.78 is 23.7. The van der Waals surface area contributed by atoms with Gasteiger partial charge in [0.2, 0.25) is 0 Å². The third-order valence-electron chi connectivity index (χ3n) is 4.04. The zero-order chi connectivity index (χ0) is 18.6. The molecule has 0 radical (unpaired) electrons. The molecule has 134 valence electrons. The number of esters is 2. The number of halogens is 1. The Morgan fingerprint density at radius 3 is 2.32 bits per heavy atom. The van der Waals surface area contributed by atoms with Crippen LogP contribution in [0.4, 0.5) is 4.39 Å². The average Bonchev–Trinajstić information content (AvgIpc) is 2.55. The summed E-state index contributed by atoms with van der Waals surface area (Å²) in [5.74, 6) is -2.89. The highest BCUT2D eigenvalue weighted by molar-refractivity contribution is 5.94. The van der Waals surface area contributed by atoms with E-state index in [-0.39, 0.29) is 13.2 Å². The standard InChI is InChI=1S/C19H22FNO4/c1-5-24-18(22)15-11(3)21-12(4)16(19(23)25-6-2)17(15)13-7-9-14(20)10-8-13/h7-10,15,17,21H,3,5-6H2,1-2,4H3. The highest BCUT2D eigenvalue weighted by Crippen LogP contribution is 2.41. The van der Waals surface area contributed by atoms with Crippen LogP contribution < -0.4 is 5.32 Å². The molecule has 25 heavy (non-hydrogen) atoms. The van der Waals surface area contributed by atoms with Crippen LogP contribution >= 0.6 is 0 Å². The molecular weight excluding hydrogens is 325 g/mol. The van der Waals surface area contributed by atoms with Crippen molar-refractivity contribution in [3.8, 4) is 0 Å². The van der Waals surface area contributed by atoms with Gasteiger partial charge >= 0.3 is 11.9 Å². The van der Waals surface area contributed by atoms with Crippen LogP contribution in [0.3, 0.4) is 0 Å². The maximum absolute atomic E-state index is 13.3. The lowest BCUT2D eigenvalue weighted by molar-refractivity contribution is -0.147. The Morgan fingerprint density at radius 1 is 1.16 bits per heavy atom. The first-order valence-electron chi connectivity index (χ1n) is 8.16. The molecule has 6 heteroatoms. The number of benzene rings is 1. The molecule has 2 rings (SSSR count). The van der Waals surface area contributed by atoms with E-state index in [1.165, 1.54) is 12.1 Å². The normalized spacial score (nSPS) is 20.1. The van der Waals surface area contributed by atoms with E-state index >= 15 is 0 Å². The van der Waals surface area contributed by atoms with Crippen molar-refractivity contribution in [1.29, 1.82) is 0 Å². The molecule has 5 nitrogen and oxygen atoms in total. The minimum Gasteiger partial charge on any atom is -0.465 e. The largest absolute Gasteiger partial charge is 0.465 e. The van der Waals surface area contributed by atoms with E-state index in [0.29, 0.717) is 22.5 Å². The number of ether oxygens (including phenoxy) is 2. The molecule has 1 aliphatic heterocycles. The van der Waals surface area contributed by atoms with Gasteiger partial charge in [0.15, 0.2) is 0 Å². The first kappa shape index (κ1) is 18.7. The number of nitrogens with one attached hydrogen (secondary N) is 1. The van der Waals surface area contributed by atoms with Crippen LogP contribution in [0.15, 0.2) is 47.8 Å². The van der Waals surface area contributed by atoms with Crippen LogP contribution in [-0.4, -0.2) is 25.2 Å². The van der Waals surface area contributed by atoms with Gasteiger partial charge in [0.1, 0.15) is 11.7 Å². The van der Waals surface area contributed by atoms with Crippen molar-refractivity contribution in [2.24, 2.45) is 5.92 Å². The number of rotatable bonds is 5. The summed E-state index contributed by atoms with van der Waals surface area (Å²) in [4.78, 5) is 25.0. The van der Waals surface area contributed by atoms with Gasteiger partial charge in [-0.05, 0) is 38.5 Å². The fraction of sp³-hybridized carbons (Fsp3) is 0.368. The molecule has 1 aromatic rings. The lowest BCUT2D eigenvalue weighted by Crippen LogP contribution is -2.39. The van der Waals surface area contributed by atoms with Gasteiger partial charge in [0.05, 0.1) is 18.8 Å². The summed E-state index contributed by atoms with van der Waals surface area (Å²) in [5, 5.41) is 2.98. The molecule has 0 amide bonds. The minimum atomic E-state index is -0.812. The van der Waals surface area contributed by atoms with Crippen molar-refractivity contribution >= 4 is 11.9 Å². The van der Waals surface area contributed by atoms with E-state index in [9.17, 15) is 14.0 Å². The molecule has 1 N–H and O–H groups in total. The van der Waals surface area contributed by atoms with Gasteiger partial charge in [-0.2, -0.15) is 0 Å². The van der Waals surface area contributed by atoms with E-state index in [0.717, 1.165) is 0 Å². The second-order valence-corrected chi connectivity index (χ2v) is 5.67. The number of carbonyl (C=O) groups is 2. The highest BCUT2D eigenvalue weighted by atomic mass is 19.1. The molecule has 1 aliphatic rings. The zero-order valence-electron chi connectivity index (χ0n) is 14.6. The van der Waals surface area contributed by atoms with Crippen LogP contribution in [0.1, 0.15) is 32.3 Å². The van der Waals surface area contributed by atoms with Crippen LogP contribution in [0, 0.1) is 11.7 Å². The number of hydrogen-bond acceptors (Lipinski definition) is 5. The molecule has 1 heterocycles. The quantitative estimate of drug-likeness (QED) is 0.830. The predicted molar refractivity (Wildman–Crippen MR) is 90.9 cm³/mol. The summed E-state index contributed by atoms with van der Waals surface area (Å²) in [7, 11) is 0. The molecule has 0 aromatic heterocycles. The molecule has 0 saturated carbocycles. The summed E-state index contributed by atoms with van der Waals surface area (Å²) in [6, 6.07) is 5.69. The van der Waals surface area contributed by atoms with Gasteiger partial charge in [-0.15, -0.1) is 0 Å². The topological polar surface area (TPSA) is 64.6 Å². The maximum atomic E-state index is 13.3. The van der Waals surface area contributed by atoms with Crippen LogP contribution in [-0.2, 0) is 19.1 Å². The lowest BCUT2D eigenvalue weighted by atomic mass is 9.75. The predicted octanol–water partition coefficient (Wildman–Crippen LogP) is 3.04. The van der Waals surface area contributed by atoms with Gasteiger partial charge in [0, 0.05) is 17.3 Å². The van der Waals surface area contributed by atoms with E-state index in [1.54, 1.807) is 32.9 Å². The monoisotopic (exact) mass is 347 g/mol. The fourth-order valence-electron chi connectivity index (χ4n) is 3.02. The minimum absolute atomic E-state index is 0.205. The van der Waals surface area contributed by atoms with E-state index < -0.39 is 29.6 Å². The Kier molecular flexibility index (Phi) is 5.96. The Hall–Kier alpha value is -2.63. The van der Waals surface area contributed by atoms with Crippen molar-refractivity contribution in [2.75, 3.05) is 13.2 Å². The molecule has 0 spiro atoms. The molecule has 2 unspecified atom stereocenters. The summed E-state index contributed by atoms with van der Waals surface area (Å²) in [5.41, 5.74) is 1.92. The highest BCUT2D eigenvalue weighted by Gasteiger charge is 2.42. The molecule has 0 bridgehead atoms. The summed E-state index contributed by atoms with van der Waals surface area (Å²) >= 11 is 0. The first-order chi connectivity index (χ1) is 11.9. The molecule has 0 fully saturated rings. The number of carbonyl (C=O) groups excluding carboxylic acids is 2. The molecule has 1 aromatic carbocycles. The average molecular weight is 347 g/mol. The lowest BCUT2D eigenvalue weighted by Gasteiger charge is -2.35.